The van der Waals surface area contributed by atoms with Gasteiger partial charge < -0.3 is 9.47 Å². The number of thioether (sulfide) groups is 1. The molecule has 2 aromatic rings. The first-order valence-corrected chi connectivity index (χ1v) is 10.4. The van der Waals surface area contributed by atoms with Crippen LogP contribution in [-0.2, 0) is 10.3 Å². The zero-order chi connectivity index (χ0) is 21.0. The number of fused-ring (bicyclic) bond motifs is 1. The summed E-state index contributed by atoms with van der Waals surface area (Å²) >= 11 is 1.78. The van der Waals surface area contributed by atoms with Crippen molar-refractivity contribution in [2.45, 2.75) is 44.1 Å². The quantitative estimate of drug-likeness (QED) is 0.259. The number of cyclic esters (lactones) is 1. The Hall–Kier alpha value is -2.74. The lowest BCUT2D eigenvalue weighted by Gasteiger charge is -2.32. The van der Waals surface area contributed by atoms with Gasteiger partial charge in [-0.25, -0.2) is 4.79 Å². The zero-order valence-electron chi connectivity index (χ0n) is 16.7. The van der Waals surface area contributed by atoms with Gasteiger partial charge in [0, 0.05) is 16.5 Å². The third-order valence-corrected chi connectivity index (χ3v) is 5.71. The molecule has 1 heterocycles. The Morgan fingerprint density at radius 2 is 1.93 bits per heavy atom. The molecule has 0 atom stereocenters. The standard InChI is InChI=1S/C21H24N2O5S/c1-14-6-8-15(9-7-14)29-11-5-4-10-27-19-12-16-17(13-18(19)23(25)26)22-20(24)28-21(16,2)3/h6-9,12-13H,4-5,10-11H2,1-3H3,(H,22,24). The van der Waals surface area contributed by atoms with Crippen molar-refractivity contribution in [3.05, 3.63) is 57.6 Å². The lowest BCUT2D eigenvalue weighted by atomic mass is 9.94. The number of rotatable bonds is 8. The fourth-order valence-electron chi connectivity index (χ4n) is 3.06. The summed E-state index contributed by atoms with van der Waals surface area (Å²) in [4.78, 5) is 23.8. The third kappa shape index (κ3) is 5.20. The van der Waals surface area contributed by atoms with Crippen molar-refractivity contribution in [2.75, 3.05) is 17.7 Å². The molecule has 0 fully saturated rings. The van der Waals surface area contributed by atoms with Gasteiger partial charge in [0.2, 0.25) is 0 Å². The maximum atomic E-state index is 11.7. The molecule has 1 aliphatic heterocycles. The van der Waals surface area contributed by atoms with Gasteiger partial charge in [0.25, 0.3) is 0 Å². The number of aryl methyl sites for hydroxylation is 1. The highest BCUT2D eigenvalue weighted by Gasteiger charge is 2.36. The molecule has 3 rings (SSSR count). The molecule has 0 spiro atoms. The molecule has 0 unspecified atom stereocenters. The smallest absolute Gasteiger partial charge is 0.412 e. The fraction of sp³-hybridized carbons (Fsp3) is 0.381. The number of amides is 1. The molecule has 7 nitrogen and oxygen atoms in total. The summed E-state index contributed by atoms with van der Waals surface area (Å²) < 4.78 is 11.0. The molecule has 0 saturated heterocycles. The van der Waals surface area contributed by atoms with Crippen LogP contribution in [0.5, 0.6) is 5.75 Å². The number of nitrogens with zero attached hydrogens (tertiary/aromatic N) is 1. The normalized spacial score (nSPS) is 14.5. The van der Waals surface area contributed by atoms with Crippen LogP contribution in [0.3, 0.4) is 0 Å². The van der Waals surface area contributed by atoms with Crippen molar-refractivity contribution in [2.24, 2.45) is 0 Å². The van der Waals surface area contributed by atoms with Gasteiger partial charge in [-0.1, -0.05) is 17.7 Å². The molecule has 2 aromatic carbocycles. The molecule has 0 bridgehead atoms. The van der Waals surface area contributed by atoms with Crippen LogP contribution in [0.2, 0.25) is 0 Å². The van der Waals surface area contributed by atoms with E-state index in [1.54, 1.807) is 31.7 Å². The maximum Gasteiger partial charge on any atom is 0.412 e. The number of anilines is 1. The molecule has 1 aliphatic rings. The van der Waals surface area contributed by atoms with Crippen LogP contribution in [0, 0.1) is 17.0 Å². The number of carbonyl (C=O) groups excluding carboxylic acids is 1. The molecular weight excluding hydrogens is 392 g/mol. The summed E-state index contributed by atoms with van der Waals surface area (Å²) in [5.74, 6) is 1.14. The SMILES string of the molecule is Cc1ccc(SCCCCOc2cc3c(cc2[N+](=O)[O-])NC(=O)OC3(C)C)cc1. The van der Waals surface area contributed by atoms with E-state index in [-0.39, 0.29) is 11.4 Å². The Morgan fingerprint density at radius 3 is 2.62 bits per heavy atom. The summed E-state index contributed by atoms with van der Waals surface area (Å²) in [5, 5.41) is 14.0. The third-order valence-electron chi connectivity index (χ3n) is 4.61. The van der Waals surface area contributed by atoms with Gasteiger partial charge in [0.15, 0.2) is 5.75 Å². The maximum absolute atomic E-state index is 11.7. The minimum atomic E-state index is -0.893. The van der Waals surface area contributed by atoms with E-state index in [2.05, 4.69) is 36.5 Å². The molecular formula is C21H24N2O5S. The van der Waals surface area contributed by atoms with Gasteiger partial charge in [-0.3, -0.25) is 15.4 Å². The predicted molar refractivity (Wildman–Crippen MR) is 113 cm³/mol. The largest absolute Gasteiger partial charge is 0.487 e. The first kappa shape index (κ1) is 21.0. The number of hydrogen-bond acceptors (Lipinski definition) is 6. The van der Waals surface area contributed by atoms with E-state index in [0.717, 1.165) is 18.6 Å². The second-order valence-corrected chi connectivity index (χ2v) is 8.53. The van der Waals surface area contributed by atoms with Gasteiger partial charge in [-0.15, -0.1) is 11.8 Å². The molecule has 8 heteroatoms. The second-order valence-electron chi connectivity index (χ2n) is 7.36. The van der Waals surface area contributed by atoms with Crippen LogP contribution in [0.4, 0.5) is 16.2 Å². The summed E-state index contributed by atoms with van der Waals surface area (Å²) in [6.07, 6.45) is 1.09. The van der Waals surface area contributed by atoms with Crippen LogP contribution < -0.4 is 10.1 Å². The van der Waals surface area contributed by atoms with Crippen LogP contribution in [0.1, 0.15) is 37.8 Å². The van der Waals surface area contributed by atoms with Gasteiger partial charge in [-0.2, -0.15) is 0 Å². The second kappa shape index (κ2) is 8.73. The van der Waals surface area contributed by atoms with E-state index in [1.165, 1.54) is 16.5 Å². The lowest BCUT2D eigenvalue weighted by molar-refractivity contribution is -0.385. The summed E-state index contributed by atoms with van der Waals surface area (Å²) in [7, 11) is 0. The number of nitro benzene ring substituents is 1. The number of ether oxygens (including phenoxy) is 2. The average Bonchev–Trinajstić information content (AvgIpc) is 2.65. The Labute approximate surface area is 173 Å². The molecule has 0 saturated carbocycles. The minimum Gasteiger partial charge on any atom is -0.487 e. The average molecular weight is 416 g/mol. The lowest BCUT2D eigenvalue weighted by Crippen LogP contribution is -2.34. The van der Waals surface area contributed by atoms with E-state index >= 15 is 0 Å². The molecule has 0 aliphatic carbocycles. The number of nitrogens with one attached hydrogen (secondary N) is 1. The van der Waals surface area contributed by atoms with Crippen molar-refractivity contribution in [1.29, 1.82) is 0 Å². The highest BCUT2D eigenvalue weighted by molar-refractivity contribution is 7.99. The van der Waals surface area contributed by atoms with Crippen molar-refractivity contribution in [1.82, 2.24) is 0 Å². The Bertz CT molecular complexity index is 912. The van der Waals surface area contributed by atoms with Crippen LogP contribution >= 0.6 is 11.8 Å². The molecule has 29 heavy (non-hydrogen) atoms. The fourth-order valence-corrected chi connectivity index (χ4v) is 3.97. The van der Waals surface area contributed by atoms with E-state index in [9.17, 15) is 14.9 Å². The highest BCUT2D eigenvalue weighted by atomic mass is 32.2. The van der Waals surface area contributed by atoms with Gasteiger partial charge in [0.05, 0.1) is 17.2 Å². The Kier molecular flexibility index (Phi) is 6.32. The Morgan fingerprint density at radius 1 is 1.21 bits per heavy atom. The number of hydrogen-bond donors (Lipinski definition) is 1. The van der Waals surface area contributed by atoms with Crippen molar-refractivity contribution in [3.8, 4) is 5.75 Å². The molecule has 1 amide bonds. The van der Waals surface area contributed by atoms with Gasteiger partial charge in [-0.05, 0) is 57.6 Å². The molecule has 0 aromatic heterocycles. The highest BCUT2D eigenvalue weighted by Crippen LogP contribution is 2.42. The van der Waals surface area contributed by atoms with Crippen molar-refractivity contribution < 1.29 is 19.2 Å². The van der Waals surface area contributed by atoms with Gasteiger partial charge >= 0.3 is 11.8 Å². The number of carbonyl (C=O) groups is 1. The van der Waals surface area contributed by atoms with E-state index in [1.807, 2.05) is 0 Å². The van der Waals surface area contributed by atoms with E-state index in [0.29, 0.717) is 17.9 Å². The van der Waals surface area contributed by atoms with Crippen molar-refractivity contribution in [3.63, 3.8) is 0 Å². The van der Waals surface area contributed by atoms with Gasteiger partial charge in [0.1, 0.15) is 5.60 Å². The predicted octanol–water partition coefficient (Wildman–Crippen LogP) is 5.65. The van der Waals surface area contributed by atoms with Crippen LogP contribution in [-0.4, -0.2) is 23.4 Å². The monoisotopic (exact) mass is 416 g/mol. The summed E-state index contributed by atoms with van der Waals surface area (Å²) in [6.45, 7) is 5.92. The molecule has 1 N–H and O–H groups in total. The van der Waals surface area contributed by atoms with Crippen LogP contribution in [0.25, 0.3) is 0 Å². The van der Waals surface area contributed by atoms with Crippen molar-refractivity contribution >= 4 is 29.2 Å². The summed E-state index contributed by atoms with van der Waals surface area (Å²) in [5.41, 5.74) is 1.20. The number of benzene rings is 2. The van der Waals surface area contributed by atoms with Crippen LogP contribution in [0.15, 0.2) is 41.3 Å². The molecule has 154 valence electrons. The zero-order valence-corrected chi connectivity index (χ0v) is 17.5. The summed E-state index contributed by atoms with van der Waals surface area (Å²) in [6, 6.07) is 11.3. The number of nitro groups is 1. The Balaban J connectivity index is 1.59. The number of unbranched alkanes of at least 4 members (excludes halogenated alkanes) is 1. The molecule has 0 radical (unpaired) electrons. The first-order chi connectivity index (χ1) is 13.8. The topological polar surface area (TPSA) is 90.7 Å². The minimum absolute atomic E-state index is 0.171. The van der Waals surface area contributed by atoms with E-state index in [4.69, 9.17) is 9.47 Å². The first-order valence-electron chi connectivity index (χ1n) is 9.41. The van der Waals surface area contributed by atoms with E-state index < -0.39 is 16.6 Å².